The molecule has 0 bridgehead atoms. The molecule has 220 valence electrons. The Morgan fingerprint density at radius 2 is 2.12 bits per heavy atom. The van der Waals surface area contributed by atoms with Crippen molar-refractivity contribution in [2.75, 3.05) is 20.1 Å². The Labute approximate surface area is 239 Å². The van der Waals surface area contributed by atoms with Crippen LogP contribution in [-0.4, -0.2) is 92.6 Å². The fourth-order valence-electron chi connectivity index (χ4n) is 8.38. The molecule has 0 radical (unpaired) electrons. The van der Waals surface area contributed by atoms with E-state index in [0.717, 1.165) is 11.9 Å². The Hall–Kier alpha value is -2.99. The van der Waals surface area contributed by atoms with Gasteiger partial charge in [0.15, 0.2) is 0 Å². The van der Waals surface area contributed by atoms with Gasteiger partial charge in [-0.1, -0.05) is 26.0 Å². The monoisotopic (exact) mass is 565 g/mol. The van der Waals surface area contributed by atoms with Crippen molar-refractivity contribution in [2.24, 2.45) is 11.8 Å². The van der Waals surface area contributed by atoms with E-state index in [9.17, 15) is 19.6 Å². The molecule has 5 heterocycles. The highest BCUT2D eigenvalue weighted by molar-refractivity contribution is 5.97. The molecule has 2 aromatic rings. The van der Waals surface area contributed by atoms with E-state index < -0.39 is 29.6 Å². The van der Waals surface area contributed by atoms with Crippen molar-refractivity contribution < 1.29 is 29.3 Å². The molecule has 3 amide bonds. The number of aromatic nitrogens is 1. The van der Waals surface area contributed by atoms with E-state index in [1.807, 2.05) is 13.8 Å². The number of hydrogen-bond acceptors (Lipinski definition) is 7. The lowest BCUT2D eigenvalue weighted by atomic mass is 9.72. The Balaban J connectivity index is 1.18. The van der Waals surface area contributed by atoms with Crippen LogP contribution < -0.4 is 5.32 Å². The number of fused-ring (bicyclic) bond motifs is 5. The number of likely N-dealkylation sites (N-methyl/N-ethyl adjacent to an activating group) is 1. The molecule has 0 spiro atoms. The van der Waals surface area contributed by atoms with Gasteiger partial charge in [0.2, 0.25) is 17.5 Å². The summed E-state index contributed by atoms with van der Waals surface area (Å²) in [5.74, 6) is -3.03. The number of piperidine rings is 1. The van der Waals surface area contributed by atoms with Gasteiger partial charge >= 0.3 is 5.91 Å². The number of piperazine rings is 1. The van der Waals surface area contributed by atoms with Crippen molar-refractivity contribution in [3.8, 4) is 0 Å². The summed E-state index contributed by atoms with van der Waals surface area (Å²) in [4.78, 5) is 55.2. The van der Waals surface area contributed by atoms with Gasteiger partial charge in [-0.25, -0.2) is 5.26 Å². The molecule has 11 nitrogen and oxygen atoms in total. The van der Waals surface area contributed by atoms with Gasteiger partial charge in [-0.05, 0) is 69.2 Å². The predicted molar refractivity (Wildman–Crippen MR) is 148 cm³/mol. The molecule has 7 unspecified atom stereocenters. The Bertz CT molecular complexity index is 1430. The van der Waals surface area contributed by atoms with Gasteiger partial charge < -0.3 is 20.1 Å². The topological polar surface area (TPSA) is 127 Å². The summed E-state index contributed by atoms with van der Waals surface area (Å²) in [7, 11) is 2.06. The molecule has 1 aromatic heterocycles. The van der Waals surface area contributed by atoms with Crippen LogP contribution in [0.25, 0.3) is 10.9 Å². The Morgan fingerprint density at radius 3 is 2.88 bits per heavy atom. The molecule has 5 aliphatic rings. The number of nitrogens with zero attached hydrogens (tertiary/aromatic N) is 3. The molecule has 4 fully saturated rings. The number of aromatic amines is 1. The second kappa shape index (κ2) is 9.26. The highest BCUT2D eigenvalue weighted by atomic mass is 17.2. The summed E-state index contributed by atoms with van der Waals surface area (Å²) in [6.45, 7) is 6.50. The van der Waals surface area contributed by atoms with E-state index in [1.165, 1.54) is 28.3 Å². The number of hydrogen-bond donors (Lipinski definition) is 3. The summed E-state index contributed by atoms with van der Waals surface area (Å²) >= 11 is 0. The fourth-order valence-corrected chi connectivity index (χ4v) is 8.38. The molecule has 0 saturated carbocycles. The lowest BCUT2D eigenvalue weighted by Gasteiger charge is -2.49. The summed E-state index contributed by atoms with van der Waals surface area (Å²) in [6, 6.07) is 5.06. The van der Waals surface area contributed by atoms with Crippen LogP contribution in [0.4, 0.5) is 0 Å². The van der Waals surface area contributed by atoms with Crippen LogP contribution in [0.2, 0.25) is 0 Å². The quantitative estimate of drug-likeness (QED) is 0.375. The zero-order valence-electron chi connectivity index (χ0n) is 24.1. The molecule has 3 N–H and O–H groups in total. The van der Waals surface area contributed by atoms with Crippen molar-refractivity contribution in [1.82, 2.24) is 25.0 Å². The summed E-state index contributed by atoms with van der Waals surface area (Å²) in [5, 5.41) is 14.5. The third-order valence-electron chi connectivity index (χ3n) is 10.2. The van der Waals surface area contributed by atoms with Gasteiger partial charge in [0.05, 0.1) is 5.92 Å². The minimum atomic E-state index is -1.87. The van der Waals surface area contributed by atoms with Gasteiger partial charge in [0, 0.05) is 42.1 Å². The summed E-state index contributed by atoms with van der Waals surface area (Å²) in [6.07, 6.45) is 5.26. The number of amides is 3. The standard InChI is InChI=1S/C30H39N5O6/c1-16(2)11-23-27(37)34-10-6-9-24(34)30(41-39)35(23)28(38)29(3,40-30)32-26(36)18-12-20-19-7-5-8-21-25(19)17(14-31-21)13-22(20)33(4)15-18/h5,7-8,14,16,18,20,22-24,31,39H,6,9-13,15H2,1-4H3,(H,32,36). The molecule has 1 aromatic carbocycles. The first-order valence-corrected chi connectivity index (χ1v) is 14.9. The van der Waals surface area contributed by atoms with Gasteiger partial charge in [-0.3, -0.25) is 24.0 Å². The normalized spacial score (nSPS) is 36.6. The molecular weight excluding hydrogens is 526 g/mol. The first kappa shape index (κ1) is 26.9. The predicted octanol–water partition coefficient (Wildman–Crippen LogP) is 2.38. The number of carbonyl (C=O) groups is 3. The zero-order valence-corrected chi connectivity index (χ0v) is 24.1. The molecule has 11 heteroatoms. The number of ether oxygens (including phenoxy) is 1. The van der Waals surface area contributed by atoms with Gasteiger partial charge in [0.1, 0.15) is 12.1 Å². The number of carbonyl (C=O) groups excluding carboxylic acids is 3. The smallest absolute Gasteiger partial charge is 0.307 e. The van der Waals surface area contributed by atoms with Crippen LogP contribution in [-0.2, 0) is 30.4 Å². The number of rotatable bonds is 5. The average Bonchev–Trinajstić information content (AvgIpc) is 3.65. The van der Waals surface area contributed by atoms with E-state index in [2.05, 4.69) is 46.6 Å². The van der Waals surface area contributed by atoms with Gasteiger partial charge in [-0.2, -0.15) is 4.89 Å². The molecule has 7 atom stereocenters. The van der Waals surface area contributed by atoms with Crippen LogP contribution in [0.5, 0.6) is 0 Å². The van der Waals surface area contributed by atoms with E-state index in [4.69, 9.17) is 9.62 Å². The maximum atomic E-state index is 14.1. The summed E-state index contributed by atoms with van der Waals surface area (Å²) in [5.41, 5.74) is 1.87. The molecule has 4 saturated heterocycles. The Morgan fingerprint density at radius 1 is 1.32 bits per heavy atom. The second-order valence-electron chi connectivity index (χ2n) is 13.2. The van der Waals surface area contributed by atoms with Crippen LogP contribution in [0.15, 0.2) is 24.4 Å². The van der Waals surface area contributed by atoms with E-state index in [1.54, 1.807) is 4.90 Å². The number of benzene rings is 1. The first-order valence-electron chi connectivity index (χ1n) is 14.9. The third-order valence-corrected chi connectivity index (χ3v) is 10.2. The van der Waals surface area contributed by atoms with Crippen molar-refractivity contribution in [1.29, 1.82) is 0 Å². The van der Waals surface area contributed by atoms with Crippen molar-refractivity contribution >= 4 is 28.6 Å². The lowest BCUT2D eigenvalue weighted by molar-refractivity contribution is -0.458. The minimum Gasteiger partial charge on any atom is -0.361 e. The van der Waals surface area contributed by atoms with Crippen LogP contribution >= 0.6 is 0 Å². The first-order chi connectivity index (χ1) is 19.6. The lowest BCUT2D eigenvalue weighted by Crippen LogP contribution is -2.72. The van der Waals surface area contributed by atoms with Crippen LogP contribution in [0, 0.1) is 11.8 Å². The van der Waals surface area contributed by atoms with Crippen LogP contribution in [0.1, 0.15) is 63.5 Å². The van der Waals surface area contributed by atoms with Crippen molar-refractivity contribution in [3.63, 3.8) is 0 Å². The zero-order chi connectivity index (χ0) is 28.8. The summed E-state index contributed by atoms with van der Waals surface area (Å²) < 4.78 is 6.31. The highest BCUT2D eigenvalue weighted by Crippen LogP contribution is 2.49. The maximum absolute atomic E-state index is 14.1. The van der Waals surface area contributed by atoms with E-state index in [0.29, 0.717) is 38.8 Å². The second-order valence-corrected chi connectivity index (χ2v) is 13.2. The molecule has 7 rings (SSSR count). The largest absolute Gasteiger partial charge is 0.361 e. The third kappa shape index (κ3) is 3.75. The van der Waals surface area contributed by atoms with Crippen molar-refractivity contribution in [3.05, 3.63) is 35.5 Å². The van der Waals surface area contributed by atoms with Crippen LogP contribution in [0.3, 0.4) is 0 Å². The van der Waals surface area contributed by atoms with Crippen molar-refractivity contribution in [2.45, 2.75) is 88.6 Å². The molecular formula is C30H39N5O6. The number of likely N-dealkylation sites (tertiary alicyclic amines) is 1. The fraction of sp³-hybridized carbons (Fsp3) is 0.633. The molecule has 41 heavy (non-hydrogen) atoms. The number of H-pyrrole nitrogens is 1. The maximum Gasteiger partial charge on any atom is 0.307 e. The van der Waals surface area contributed by atoms with E-state index in [-0.39, 0.29) is 35.6 Å². The van der Waals surface area contributed by atoms with Gasteiger partial charge in [0.25, 0.3) is 5.91 Å². The van der Waals surface area contributed by atoms with Gasteiger partial charge in [-0.15, -0.1) is 0 Å². The molecule has 4 aliphatic heterocycles. The molecule has 1 aliphatic carbocycles. The Kier molecular flexibility index (Phi) is 6.07. The SMILES string of the molecule is CC(C)CC1C(=O)N2CCCC2C2(OO)OC(C)(NC(=O)C3CC4c5cccc6[nH]cc(c56)CC4N(C)C3)C(=O)N12. The number of nitrogens with one attached hydrogen (secondary N) is 2. The van der Waals surface area contributed by atoms with E-state index >= 15 is 0 Å². The minimum absolute atomic E-state index is 0.0972. The average molecular weight is 566 g/mol. The highest BCUT2D eigenvalue weighted by Gasteiger charge is 2.72.